The quantitative estimate of drug-likeness (QED) is 0.916. The number of benzene rings is 1. The summed E-state index contributed by atoms with van der Waals surface area (Å²) in [5, 5.41) is 12.9. The monoisotopic (exact) mass is 311 g/mol. The van der Waals surface area contributed by atoms with Crippen molar-refractivity contribution in [2.24, 2.45) is 0 Å². The Balaban J connectivity index is 2.20. The smallest absolute Gasteiger partial charge is 0.131 e. The van der Waals surface area contributed by atoms with Crippen LogP contribution in [0.1, 0.15) is 48.7 Å². The maximum absolute atomic E-state index is 13.8. The van der Waals surface area contributed by atoms with Gasteiger partial charge in [-0.05, 0) is 18.6 Å². The molecule has 0 aliphatic carbocycles. The van der Waals surface area contributed by atoms with Gasteiger partial charge in [0.1, 0.15) is 11.6 Å². The molecule has 1 unspecified atom stereocenters. The molecule has 0 saturated carbocycles. The van der Waals surface area contributed by atoms with E-state index in [1.807, 2.05) is 5.38 Å². The third-order valence-electron chi connectivity index (χ3n) is 3.33. The van der Waals surface area contributed by atoms with Crippen molar-refractivity contribution in [3.05, 3.63) is 51.0 Å². The number of hydrogen-bond donors (Lipinski definition) is 1. The minimum atomic E-state index is -1.02. The van der Waals surface area contributed by atoms with E-state index in [1.165, 1.54) is 17.4 Å². The number of aliphatic hydroxyl groups excluding tert-OH is 1. The second kappa shape index (κ2) is 5.81. The molecule has 2 nitrogen and oxygen atoms in total. The summed E-state index contributed by atoms with van der Waals surface area (Å²) in [5.41, 5.74) is 1.32. The van der Waals surface area contributed by atoms with E-state index in [0.717, 1.165) is 16.8 Å². The molecule has 0 radical (unpaired) electrons. The summed E-state index contributed by atoms with van der Waals surface area (Å²) in [4.78, 5) is 4.48. The molecule has 0 saturated heterocycles. The first-order valence-corrected chi connectivity index (χ1v) is 7.65. The average Bonchev–Trinajstić information content (AvgIpc) is 2.82. The van der Waals surface area contributed by atoms with Gasteiger partial charge in [-0.2, -0.15) is 0 Å². The van der Waals surface area contributed by atoms with Gasteiger partial charge in [-0.1, -0.05) is 20.8 Å². The molecule has 1 aromatic heterocycles. The molecule has 0 fully saturated rings. The van der Waals surface area contributed by atoms with Gasteiger partial charge in [0.25, 0.3) is 0 Å². The summed E-state index contributed by atoms with van der Waals surface area (Å²) in [5.74, 6) is -1.33. The van der Waals surface area contributed by atoms with Gasteiger partial charge in [0.15, 0.2) is 0 Å². The summed E-state index contributed by atoms with van der Waals surface area (Å²) in [7, 11) is 0. The van der Waals surface area contributed by atoms with Crippen LogP contribution in [-0.2, 0) is 11.8 Å². The molecule has 5 heteroatoms. The highest BCUT2D eigenvalue weighted by molar-refractivity contribution is 7.09. The Morgan fingerprint density at radius 3 is 2.48 bits per heavy atom. The van der Waals surface area contributed by atoms with Gasteiger partial charge < -0.3 is 5.11 Å². The van der Waals surface area contributed by atoms with Crippen molar-refractivity contribution in [2.75, 3.05) is 0 Å². The number of thiazole rings is 1. The molecule has 2 aromatic rings. The summed E-state index contributed by atoms with van der Waals surface area (Å²) in [6, 6.07) is 2.17. The number of nitrogens with zero attached hydrogens (tertiary/aromatic N) is 1. The molecule has 0 amide bonds. The predicted octanol–water partition coefficient (Wildman–Crippen LogP) is 4.30. The van der Waals surface area contributed by atoms with E-state index in [4.69, 9.17) is 0 Å². The molecule has 2 rings (SSSR count). The fourth-order valence-corrected chi connectivity index (χ4v) is 3.02. The van der Waals surface area contributed by atoms with Crippen molar-refractivity contribution >= 4 is 11.3 Å². The summed E-state index contributed by atoms with van der Waals surface area (Å²) >= 11 is 1.44. The lowest BCUT2D eigenvalue weighted by molar-refractivity contribution is 0.173. The fraction of sp³-hybridized carbons (Fsp3) is 0.438. The first kappa shape index (κ1) is 16.0. The van der Waals surface area contributed by atoms with Crippen LogP contribution >= 0.6 is 11.3 Å². The minimum absolute atomic E-state index is 0.0581. The number of rotatable bonds is 3. The molecule has 1 aromatic carbocycles. The molecule has 0 bridgehead atoms. The van der Waals surface area contributed by atoms with Crippen molar-refractivity contribution < 1.29 is 13.9 Å². The van der Waals surface area contributed by atoms with Gasteiger partial charge in [0, 0.05) is 28.8 Å². The van der Waals surface area contributed by atoms with Crippen LogP contribution in [0.5, 0.6) is 0 Å². The van der Waals surface area contributed by atoms with Gasteiger partial charge in [-0.3, -0.25) is 0 Å². The zero-order valence-electron chi connectivity index (χ0n) is 12.6. The minimum Gasteiger partial charge on any atom is -0.388 e. The second-order valence-corrected chi connectivity index (χ2v) is 7.16. The van der Waals surface area contributed by atoms with Crippen LogP contribution in [0.3, 0.4) is 0 Å². The van der Waals surface area contributed by atoms with Crippen molar-refractivity contribution in [2.45, 2.75) is 45.6 Å². The average molecular weight is 311 g/mol. The normalized spacial score (nSPS) is 13.5. The highest BCUT2D eigenvalue weighted by Gasteiger charge is 2.20. The summed E-state index contributed by atoms with van der Waals surface area (Å²) in [6.07, 6.45) is -0.800. The molecule has 21 heavy (non-hydrogen) atoms. The molecule has 0 spiro atoms. The maximum Gasteiger partial charge on any atom is 0.131 e. The first-order chi connectivity index (χ1) is 9.68. The van der Waals surface area contributed by atoms with Crippen molar-refractivity contribution in [3.63, 3.8) is 0 Å². The molecule has 1 heterocycles. The van der Waals surface area contributed by atoms with E-state index in [9.17, 15) is 13.9 Å². The lowest BCUT2D eigenvalue weighted by Gasteiger charge is -2.15. The van der Waals surface area contributed by atoms with Crippen LogP contribution < -0.4 is 0 Å². The summed E-state index contributed by atoms with van der Waals surface area (Å²) < 4.78 is 27.0. The lowest BCUT2D eigenvalue weighted by Crippen LogP contribution is -2.12. The Morgan fingerprint density at radius 2 is 1.90 bits per heavy atom. The molecule has 0 aliphatic rings. The number of aromatic nitrogens is 1. The Bertz CT molecular complexity index is 646. The summed E-state index contributed by atoms with van der Waals surface area (Å²) in [6.45, 7) is 7.73. The second-order valence-electron chi connectivity index (χ2n) is 6.22. The highest BCUT2D eigenvalue weighted by Crippen LogP contribution is 2.28. The van der Waals surface area contributed by atoms with Crippen LogP contribution in [0.15, 0.2) is 17.5 Å². The van der Waals surface area contributed by atoms with E-state index < -0.39 is 17.7 Å². The molecule has 1 atom stereocenters. The predicted molar refractivity (Wildman–Crippen MR) is 80.6 cm³/mol. The van der Waals surface area contributed by atoms with Gasteiger partial charge >= 0.3 is 0 Å². The third kappa shape index (κ3) is 3.66. The fourth-order valence-electron chi connectivity index (χ4n) is 1.96. The maximum atomic E-state index is 13.8. The Hall–Kier alpha value is -1.33. The SMILES string of the molecule is Cc1cc(C(O)Cc2nc(C(C)(C)C)cs2)c(F)cc1F. The number of aliphatic hydroxyl groups is 1. The van der Waals surface area contributed by atoms with Gasteiger partial charge in [0.2, 0.25) is 0 Å². The van der Waals surface area contributed by atoms with Crippen molar-refractivity contribution in [3.8, 4) is 0 Å². The molecular weight excluding hydrogens is 292 g/mol. The first-order valence-electron chi connectivity index (χ1n) is 6.77. The molecule has 0 aliphatic heterocycles. The van der Waals surface area contributed by atoms with Crippen LogP contribution in [0.2, 0.25) is 0 Å². The number of aryl methyl sites for hydroxylation is 1. The molecule has 114 valence electrons. The van der Waals surface area contributed by atoms with Gasteiger partial charge in [0.05, 0.1) is 16.8 Å². The Morgan fingerprint density at radius 1 is 1.24 bits per heavy atom. The standard InChI is InChI=1S/C16H19F2NOS/c1-9-5-10(12(18)6-11(9)17)13(20)7-15-19-14(8-21-15)16(2,3)4/h5-6,8,13,20H,7H2,1-4H3. The highest BCUT2D eigenvalue weighted by atomic mass is 32.1. The van der Waals surface area contributed by atoms with Crippen LogP contribution in [0, 0.1) is 18.6 Å². The van der Waals surface area contributed by atoms with E-state index in [0.29, 0.717) is 5.56 Å². The zero-order valence-corrected chi connectivity index (χ0v) is 13.4. The van der Waals surface area contributed by atoms with Crippen molar-refractivity contribution in [1.29, 1.82) is 0 Å². The molecular formula is C16H19F2NOS. The van der Waals surface area contributed by atoms with Crippen LogP contribution in [0.4, 0.5) is 8.78 Å². The topological polar surface area (TPSA) is 33.1 Å². The lowest BCUT2D eigenvalue weighted by atomic mass is 9.93. The zero-order chi connectivity index (χ0) is 15.8. The van der Waals surface area contributed by atoms with Gasteiger partial charge in [-0.15, -0.1) is 11.3 Å². The van der Waals surface area contributed by atoms with E-state index in [-0.39, 0.29) is 17.4 Å². The Kier molecular flexibility index (Phi) is 4.44. The van der Waals surface area contributed by atoms with Crippen LogP contribution in [0.25, 0.3) is 0 Å². The number of hydrogen-bond acceptors (Lipinski definition) is 3. The van der Waals surface area contributed by atoms with Gasteiger partial charge in [-0.25, -0.2) is 13.8 Å². The Labute approximate surface area is 127 Å². The van der Waals surface area contributed by atoms with Crippen molar-refractivity contribution in [1.82, 2.24) is 4.98 Å². The largest absolute Gasteiger partial charge is 0.388 e. The van der Waals surface area contributed by atoms with E-state index in [1.54, 1.807) is 6.92 Å². The van der Waals surface area contributed by atoms with E-state index in [2.05, 4.69) is 25.8 Å². The number of halogens is 2. The van der Waals surface area contributed by atoms with Crippen LogP contribution in [-0.4, -0.2) is 10.1 Å². The molecule has 1 N–H and O–H groups in total. The van der Waals surface area contributed by atoms with E-state index >= 15 is 0 Å². The third-order valence-corrected chi connectivity index (χ3v) is 4.20.